The van der Waals surface area contributed by atoms with Gasteiger partial charge in [-0.3, -0.25) is 9.98 Å². The van der Waals surface area contributed by atoms with Gasteiger partial charge in [0.15, 0.2) is 5.17 Å². The van der Waals surface area contributed by atoms with Crippen molar-refractivity contribution in [1.82, 2.24) is 14.5 Å². The molecule has 154 valence electrons. The Morgan fingerprint density at radius 1 is 1.10 bits per heavy atom. The molecule has 0 spiro atoms. The van der Waals surface area contributed by atoms with Gasteiger partial charge in [0.05, 0.1) is 18.8 Å². The van der Waals surface area contributed by atoms with Crippen LogP contribution in [0.15, 0.2) is 59.7 Å². The van der Waals surface area contributed by atoms with Gasteiger partial charge in [-0.25, -0.2) is 0 Å². The van der Waals surface area contributed by atoms with Gasteiger partial charge in [-0.1, -0.05) is 30.8 Å². The molecule has 30 heavy (non-hydrogen) atoms. The van der Waals surface area contributed by atoms with Crippen LogP contribution in [0.3, 0.4) is 0 Å². The van der Waals surface area contributed by atoms with E-state index in [1.165, 1.54) is 17.0 Å². The van der Waals surface area contributed by atoms with Gasteiger partial charge in [0, 0.05) is 41.1 Å². The number of hydrogen-bond acceptors (Lipinski definition) is 5. The van der Waals surface area contributed by atoms with E-state index in [0.29, 0.717) is 5.25 Å². The van der Waals surface area contributed by atoms with Gasteiger partial charge in [-0.15, -0.1) is 0 Å². The fraction of sp³-hybridized carbons (Fsp3) is 0.333. The van der Waals surface area contributed by atoms with Crippen molar-refractivity contribution in [2.75, 3.05) is 13.7 Å². The summed E-state index contributed by atoms with van der Waals surface area (Å²) in [4.78, 5) is 12.3. The van der Waals surface area contributed by atoms with Gasteiger partial charge in [0.2, 0.25) is 0 Å². The predicted molar refractivity (Wildman–Crippen MR) is 123 cm³/mol. The van der Waals surface area contributed by atoms with Crippen molar-refractivity contribution < 1.29 is 4.74 Å². The van der Waals surface area contributed by atoms with E-state index >= 15 is 0 Å². The summed E-state index contributed by atoms with van der Waals surface area (Å²) in [6.45, 7) is 7.67. The number of benzene rings is 1. The number of ether oxygens (including phenoxy) is 1. The maximum atomic E-state index is 5.46. The summed E-state index contributed by atoms with van der Waals surface area (Å²) in [6.07, 6.45) is 1.87. The third-order valence-corrected chi connectivity index (χ3v) is 7.08. The molecule has 1 fully saturated rings. The Labute approximate surface area is 181 Å². The minimum atomic E-state index is 0.0143. The van der Waals surface area contributed by atoms with Gasteiger partial charge in [0.25, 0.3) is 0 Å². The second-order valence-electron chi connectivity index (χ2n) is 8.00. The van der Waals surface area contributed by atoms with E-state index < -0.39 is 0 Å². The molecule has 4 heterocycles. The summed E-state index contributed by atoms with van der Waals surface area (Å²) < 4.78 is 7.77. The number of hydrogen-bond donors (Lipinski definition) is 0. The van der Waals surface area contributed by atoms with Gasteiger partial charge in [-0.05, 0) is 49.7 Å². The summed E-state index contributed by atoms with van der Waals surface area (Å²) in [5.74, 6) is 0.865. The lowest BCUT2D eigenvalue weighted by Crippen LogP contribution is -2.28. The standard InChI is InChI=1S/C24H26N4OS/c1-15-12-20(17(3)28(15)18-8-7-9-19(13-18)29-4)23-22(21-10-5-6-11-25-21)26-24-27(23)14-16(2)30-24/h5-13,16,22-23H,14H2,1-4H3/t16-,22+,23-/m0/s1. The van der Waals surface area contributed by atoms with E-state index in [4.69, 9.17) is 9.73 Å². The molecule has 0 bridgehead atoms. The average Bonchev–Trinajstić information content (AvgIpc) is 3.38. The van der Waals surface area contributed by atoms with Crippen LogP contribution in [-0.4, -0.2) is 38.5 Å². The van der Waals surface area contributed by atoms with Gasteiger partial charge >= 0.3 is 0 Å². The topological polar surface area (TPSA) is 42.6 Å². The van der Waals surface area contributed by atoms with Crippen LogP contribution in [0.2, 0.25) is 0 Å². The molecule has 2 aromatic heterocycles. The number of methoxy groups -OCH3 is 1. The number of aromatic nitrogens is 2. The van der Waals surface area contributed by atoms with Crippen molar-refractivity contribution in [3.05, 3.63) is 77.4 Å². The van der Waals surface area contributed by atoms with Crippen LogP contribution in [0.5, 0.6) is 5.75 Å². The SMILES string of the molecule is COc1cccc(-n2c(C)cc([C@H]3[C@@H](c4ccccn4)N=C4S[C@@H](C)CN43)c2C)c1. The van der Waals surface area contributed by atoms with E-state index in [1.807, 2.05) is 36.2 Å². The van der Waals surface area contributed by atoms with E-state index in [-0.39, 0.29) is 12.1 Å². The first-order valence-corrected chi connectivity index (χ1v) is 11.2. The average molecular weight is 419 g/mol. The fourth-order valence-corrected chi connectivity index (χ4v) is 5.78. The first-order valence-electron chi connectivity index (χ1n) is 10.3. The number of fused-ring (bicyclic) bond motifs is 1. The maximum absolute atomic E-state index is 5.46. The molecule has 0 saturated carbocycles. The van der Waals surface area contributed by atoms with E-state index in [9.17, 15) is 0 Å². The number of aliphatic imine (C=N–C) groups is 1. The highest BCUT2D eigenvalue weighted by atomic mass is 32.2. The van der Waals surface area contributed by atoms with Gasteiger partial charge in [-0.2, -0.15) is 0 Å². The van der Waals surface area contributed by atoms with Crippen molar-refractivity contribution in [2.24, 2.45) is 4.99 Å². The van der Waals surface area contributed by atoms with Gasteiger partial charge < -0.3 is 14.2 Å². The summed E-state index contributed by atoms with van der Waals surface area (Å²) in [7, 11) is 1.71. The van der Waals surface area contributed by atoms with E-state index in [1.54, 1.807) is 7.11 Å². The maximum Gasteiger partial charge on any atom is 0.160 e. The number of rotatable bonds is 4. The molecule has 0 radical (unpaired) electrons. The minimum absolute atomic E-state index is 0.0143. The Morgan fingerprint density at radius 2 is 1.97 bits per heavy atom. The molecule has 5 nitrogen and oxygen atoms in total. The highest BCUT2D eigenvalue weighted by Gasteiger charge is 2.44. The molecule has 6 heteroatoms. The minimum Gasteiger partial charge on any atom is -0.497 e. The second kappa shape index (κ2) is 7.51. The third kappa shape index (κ3) is 3.10. The first kappa shape index (κ1) is 19.2. The van der Waals surface area contributed by atoms with Crippen molar-refractivity contribution in [3.63, 3.8) is 0 Å². The molecule has 5 rings (SSSR count). The quantitative estimate of drug-likeness (QED) is 0.592. The second-order valence-corrected chi connectivity index (χ2v) is 9.41. The molecule has 3 atom stereocenters. The molecule has 1 saturated heterocycles. The highest BCUT2D eigenvalue weighted by molar-refractivity contribution is 8.14. The highest BCUT2D eigenvalue weighted by Crippen LogP contribution is 2.48. The van der Waals surface area contributed by atoms with Crippen LogP contribution < -0.4 is 4.74 Å². The molecule has 2 aliphatic heterocycles. The zero-order valence-corrected chi connectivity index (χ0v) is 18.6. The summed E-state index contributed by atoms with van der Waals surface area (Å²) in [5.41, 5.74) is 5.92. The van der Waals surface area contributed by atoms with Crippen LogP contribution in [0.1, 0.15) is 41.7 Å². The predicted octanol–water partition coefficient (Wildman–Crippen LogP) is 5.09. The van der Waals surface area contributed by atoms with Crippen LogP contribution in [0, 0.1) is 13.8 Å². The summed E-state index contributed by atoms with van der Waals surface area (Å²) >= 11 is 1.88. The lowest BCUT2D eigenvalue weighted by atomic mass is 9.96. The molecule has 2 aliphatic rings. The Bertz CT molecular complexity index is 1110. The Balaban J connectivity index is 1.61. The Hall–Kier alpha value is -2.73. The lowest BCUT2D eigenvalue weighted by molar-refractivity contribution is 0.320. The van der Waals surface area contributed by atoms with Gasteiger partial charge in [0.1, 0.15) is 11.8 Å². The largest absolute Gasteiger partial charge is 0.497 e. The summed E-state index contributed by atoms with van der Waals surface area (Å²) in [6, 6.07) is 16.9. The van der Waals surface area contributed by atoms with Crippen molar-refractivity contribution >= 4 is 16.9 Å². The molecule has 3 aromatic rings. The fourth-order valence-electron chi connectivity index (χ4n) is 4.69. The number of amidine groups is 1. The third-order valence-electron chi connectivity index (χ3n) is 5.98. The number of thioether (sulfide) groups is 1. The zero-order chi connectivity index (χ0) is 20.8. The van der Waals surface area contributed by atoms with E-state index in [0.717, 1.165) is 28.8 Å². The monoisotopic (exact) mass is 418 g/mol. The van der Waals surface area contributed by atoms with Crippen LogP contribution >= 0.6 is 11.8 Å². The molecule has 0 unspecified atom stereocenters. The van der Waals surface area contributed by atoms with E-state index in [2.05, 4.69) is 65.6 Å². The number of pyridine rings is 1. The normalized spacial score (nSPS) is 22.9. The van der Waals surface area contributed by atoms with Crippen molar-refractivity contribution in [2.45, 2.75) is 38.1 Å². The van der Waals surface area contributed by atoms with Crippen molar-refractivity contribution in [3.8, 4) is 11.4 Å². The van der Waals surface area contributed by atoms with Crippen LogP contribution in [-0.2, 0) is 0 Å². The van der Waals surface area contributed by atoms with Crippen LogP contribution in [0.25, 0.3) is 5.69 Å². The Kier molecular flexibility index (Phi) is 4.82. The number of nitrogens with zero attached hydrogens (tertiary/aromatic N) is 4. The smallest absolute Gasteiger partial charge is 0.160 e. The molecule has 0 aliphatic carbocycles. The van der Waals surface area contributed by atoms with Crippen LogP contribution in [0.4, 0.5) is 0 Å². The lowest BCUT2D eigenvalue weighted by Gasteiger charge is -2.27. The first-order chi connectivity index (χ1) is 14.6. The molecular weight excluding hydrogens is 392 g/mol. The zero-order valence-electron chi connectivity index (χ0n) is 17.7. The molecule has 0 N–H and O–H groups in total. The molecule has 0 amide bonds. The molecular formula is C24H26N4OS. The summed E-state index contributed by atoms with van der Waals surface area (Å²) in [5, 5.41) is 1.70. The van der Waals surface area contributed by atoms with Crippen molar-refractivity contribution in [1.29, 1.82) is 0 Å². The molecule has 1 aromatic carbocycles. The Morgan fingerprint density at radius 3 is 2.73 bits per heavy atom. The number of aryl methyl sites for hydroxylation is 1.